The van der Waals surface area contributed by atoms with E-state index in [-0.39, 0.29) is 0 Å². The van der Waals surface area contributed by atoms with Crippen molar-refractivity contribution in [3.8, 4) is 6.07 Å². The predicted molar refractivity (Wildman–Crippen MR) is 90.7 cm³/mol. The Balaban J connectivity index is 1.59. The summed E-state index contributed by atoms with van der Waals surface area (Å²) in [6.45, 7) is 3.30. The van der Waals surface area contributed by atoms with E-state index in [2.05, 4.69) is 17.9 Å². The monoisotopic (exact) mass is 310 g/mol. The van der Waals surface area contributed by atoms with Gasteiger partial charge in [-0.2, -0.15) is 5.26 Å². The smallest absolute Gasteiger partial charge is 0.223 e. The highest BCUT2D eigenvalue weighted by Gasteiger charge is 2.38. The maximum Gasteiger partial charge on any atom is 0.223 e. The first-order valence-corrected chi connectivity index (χ1v) is 8.97. The zero-order chi connectivity index (χ0) is 16.2. The lowest BCUT2D eigenvalue weighted by atomic mass is 9.72. The zero-order valence-electron chi connectivity index (χ0n) is 14.0. The van der Waals surface area contributed by atoms with E-state index in [0.717, 1.165) is 36.8 Å². The first-order valence-electron chi connectivity index (χ1n) is 8.97. The molecule has 3 atom stereocenters. The van der Waals surface area contributed by atoms with Crippen molar-refractivity contribution in [2.45, 2.75) is 57.9 Å². The van der Waals surface area contributed by atoms with Crippen molar-refractivity contribution < 1.29 is 4.79 Å². The number of carbonyl (C=O) groups is 1. The van der Waals surface area contributed by atoms with Crippen LogP contribution in [0.15, 0.2) is 24.3 Å². The van der Waals surface area contributed by atoms with Crippen LogP contribution in [0.2, 0.25) is 0 Å². The molecule has 0 unspecified atom stereocenters. The van der Waals surface area contributed by atoms with E-state index in [4.69, 9.17) is 5.26 Å². The summed E-state index contributed by atoms with van der Waals surface area (Å²) in [6.07, 6.45) is 7.61. The lowest BCUT2D eigenvalue weighted by Gasteiger charge is -2.47. The summed E-state index contributed by atoms with van der Waals surface area (Å²) < 4.78 is 0. The Morgan fingerprint density at radius 1 is 1.22 bits per heavy atom. The number of likely N-dealkylation sites (tertiary alicyclic amines) is 1. The third kappa shape index (κ3) is 3.58. The van der Waals surface area contributed by atoms with Crippen LogP contribution in [0, 0.1) is 23.2 Å². The molecule has 0 bridgehead atoms. The van der Waals surface area contributed by atoms with Crippen LogP contribution in [-0.2, 0) is 11.2 Å². The molecule has 3 heteroatoms. The van der Waals surface area contributed by atoms with Crippen LogP contribution in [0.4, 0.5) is 0 Å². The molecule has 0 radical (unpaired) electrons. The molecule has 1 aliphatic heterocycles. The molecule has 1 amide bonds. The molecule has 3 rings (SSSR count). The fourth-order valence-electron chi connectivity index (χ4n) is 4.36. The molecule has 0 spiro atoms. The number of benzene rings is 1. The summed E-state index contributed by atoms with van der Waals surface area (Å²) in [5.41, 5.74) is 1.82. The second-order valence-electron chi connectivity index (χ2n) is 7.18. The molecule has 1 aromatic carbocycles. The number of carbonyl (C=O) groups excluding carboxylic acids is 1. The average molecular weight is 310 g/mol. The van der Waals surface area contributed by atoms with E-state index in [1.165, 1.54) is 25.7 Å². The normalized spacial score (nSPS) is 27.1. The Bertz CT molecular complexity index is 587. The molecule has 1 saturated carbocycles. The van der Waals surface area contributed by atoms with Gasteiger partial charge in [-0.15, -0.1) is 0 Å². The molecular weight excluding hydrogens is 284 g/mol. The summed E-state index contributed by atoms with van der Waals surface area (Å²) in [6, 6.07) is 10.2. The second-order valence-corrected chi connectivity index (χ2v) is 7.18. The van der Waals surface area contributed by atoms with E-state index in [0.29, 0.717) is 23.9 Å². The fourth-order valence-corrected chi connectivity index (χ4v) is 4.36. The van der Waals surface area contributed by atoms with Gasteiger partial charge in [0.2, 0.25) is 5.91 Å². The quantitative estimate of drug-likeness (QED) is 0.849. The molecule has 1 saturated heterocycles. The highest BCUT2D eigenvalue weighted by molar-refractivity contribution is 5.77. The summed E-state index contributed by atoms with van der Waals surface area (Å²) in [7, 11) is 0. The number of hydrogen-bond donors (Lipinski definition) is 0. The highest BCUT2D eigenvalue weighted by atomic mass is 16.2. The molecule has 1 aromatic rings. The lowest BCUT2D eigenvalue weighted by molar-refractivity contribution is -0.139. The van der Waals surface area contributed by atoms with Gasteiger partial charge in [0.25, 0.3) is 0 Å². The van der Waals surface area contributed by atoms with Crippen molar-refractivity contribution in [1.29, 1.82) is 5.26 Å². The number of rotatable bonds is 3. The standard InChI is InChI=1S/C20H26N2O/c1-15-12-13-22(19-5-3-2-4-18(15)19)20(23)11-10-16-6-8-17(14-21)9-7-16/h6-9,15,18-19H,2-5,10-13H2,1H3/t15-,18-,19-/m1/s1. The Kier molecular flexibility index (Phi) is 5.00. The molecule has 23 heavy (non-hydrogen) atoms. The Labute approximate surface area is 139 Å². The number of aryl methyl sites for hydroxylation is 1. The summed E-state index contributed by atoms with van der Waals surface area (Å²) in [5.74, 6) is 1.80. The molecule has 3 nitrogen and oxygen atoms in total. The molecule has 2 aliphatic rings. The minimum Gasteiger partial charge on any atom is -0.339 e. The van der Waals surface area contributed by atoms with Crippen LogP contribution >= 0.6 is 0 Å². The number of amides is 1. The molecule has 1 heterocycles. The maximum absolute atomic E-state index is 12.7. The van der Waals surface area contributed by atoms with Crippen molar-refractivity contribution in [2.75, 3.05) is 6.54 Å². The summed E-state index contributed by atoms with van der Waals surface area (Å²) >= 11 is 0. The van der Waals surface area contributed by atoms with Gasteiger partial charge in [0.1, 0.15) is 0 Å². The first-order chi connectivity index (χ1) is 11.2. The van der Waals surface area contributed by atoms with Gasteiger partial charge in [-0.3, -0.25) is 4.79 Å². The third-order valence-electron chi connectivity index (χ3n) is 5.77. The van der Waals surface area contributed by atoms with Crippen molar-refractivity contribution in [2.24, 2.45) is 11.8 Å². The maximum atomic E-state index is 12.7. The van der Waals surface area contributed by atoms with Gasteiger partial charge in [-0.25, -0.2) is 0 Å². The van der Waals surface area contributed by atoms with E-state index in [9.17, 15) is 4.79 Å². The molecular formula is C20H26N2O. The highest BCUT2D eigenvalue weighted by Crippen LogP contribution is 2.39. The van der Waals surface area contributed by atoms with Crippen molar-refractivity contribution in [3.05, 3.63) is 35.4 Å². The van der Waals surface area contributed by atoms with Gasteiger partial charge >= 0.3 is 0 Å². The van der Waals surface area contributed by atoms with E-state index in [1.807, 2.05) is 24.3 Å². The van der Waals surface area contributed by atoms with Crippen LogP contribution in [0.25, 0.3) is 0 Å². The number of fused-ring (bicyclic) bond motifs is 1. The summed E-state index contributed by atoms with van der Waals surface area (Å²) in [5, 5.41) is 8.84. The largest absolute Gasteiger partial charge is 0.339 e. The van der Waals surface area contributed by atoms with Crippen molar-refractivity contribution >= 4 is 5.91 Å². The van der Waals surface area contributed by atoms with E-state index < -0.39 is 0 Å². The SMILES string of the molecule is C[C@@H]1CCN(C(=O)CCc2ccc(C#N)cc2)[C@@H]2CCCC[C@H]12. The van der Waals surface area contributed by atoms with Gasteiger partial charge in [-0.05, 0) is 55.2 Å². The molecule has 122 valence electrons. The van der Waals surface area contributed by atoms with Crippen LogP contribution in [-0.4, -0.2) is 23.4 Å². The number of nitrogens with zero attached hydrogens (tertiary/aromatic N) is 2. The Morgan fingerprint density at radius 3 is 2.70 bits per heavy atom. The topological polar surface area (TPSA) is 44.1 Å². The van der Waals surface area contributed by atoms with Gasteiger partial charge < -0.3 is 4.90 Å². The first kappa shape index (κ1) is 16.1. The van der Waals surface area contributed by atoms with E-state index in [1.54, 1.807) is 0 Å². The zero-order valence-corrected chi connectivity index (χ0v) is 14.0. The van der Waals surface area contributed by atoms with Crippen LogP contribution in [0.1, 0.15) is 56.6 Å². The van der Waals surface area contributed by atoms with Gasteiger partial charge in [0.05, 0.1) is 11.6 Å². The molecule has 2 fully saturated rings. The molecule has 0 N–H and O–H groups in total. The Morgan fingerprint density at radius 2 is 1.96 bits per heavy atom. The number of nitriles is 1. The van der Waals surface area contributed by atoms with Crippen molar-refractivity contribution in [1.82, 2.24) is 4.90 Å². The third-order valence-corrected chi connectivity index (χ3v) is 5.77. The van der Waals surface area contributed by atoms with Crippen LogP contribution in [0.3, 0.4) is 0 Å². The Hall–Kier alpha value is -1.82. The second kappa shape index (κ2) is 7.17. The van der Waals surface area contributed by atoms with Crippen LogP contribution in [0.5, 0.6) is 0 Å². The predicted octanol–water partition coefficient (Wildman–Crippen LogP) is 3.92. The number of hydrogen-bond acceptors (Lipinski definition) is 2. The van der Waals surface area contributed by atoms with Gasteiger partial charge in [0.15, 0.2) is 0 Å². The summed E-state index contributed by atoms with van der Waals surface area (Å²) in [4.78, 5) is 14.9. The molecule has 1 aliphatic carbocycles. The van der Waals surface area contributed by atoms with Crippen LogP contribution < -0.4 is 0 Å². The minimum atomic E-state index is 0.318. The number of piperidine rings is 1. The molecule has 0 aromatic heterocycles. The average Bonchev–Trinajstić information content (AvgIpc) is 2.60. The lowest BCUT2D eigenvalue weighted by Crippen LogP contribution is -2.52. The minimum absolute atomic E-state index is 0.318. The van der Waals surface area contributed by atoms with Crippen molar-refractivity contribution in [3.63, 3.8) is 0 Å². The van der Waals surface area contributed by atoms with Gasteiger partial charge in [-0.1, -0.05) is 31.9 Å². The van der Waals surface area contributed by atoms with Gasteiger partial charge in [0, 0.05) is 19.0 Å². The van der Waals surface area contributed by atoms with E-state index >= 15 is 0 Å². The fraction of sp³-hybridized carbons (Fsp3) is 0.600.